The van der Waals surface area contributed by atoms with E-state index in [1.165, 1.54) is 24.5 Å². The number of rotatable bonds is 3. The van der Waals surface area contributed by atoms with E-state index in [9.17, 15) is 19.5 Å². The molecule has 0 atom stereocenters. The first-order valence-electron chi connectivity index (χ1n) is 7.32. The summed E-state index contributed by atoms with van der Waals surface area (Å²) in [5.74, 6) is -1.54. The smallest absolute Gasteiger partial charge is 0.339 e. The van der Waals surface area contributed by atoms with Gasteiger partial charge in [0.05, 0.1) is 17.7 Å². The highest BCUT2D eigenvalue weighted by Crippen LogP contribution is 2.37. The van der Waals surface area contributed by atoms with Crippen molar-refractivity contribution in [1.82, 2.24) is 9.88 Å². The van der Waals surface area contributed by atoms with Crippen LogP contribution in [0.3, 0.4) is 0 Å². The van der Waals surface area contributed by atoms with Gasteiger partial charge in [0.1, 0.15) is 5.00 Å². The number of hydrogen-bond donors (Lipinski definition) is 2. The molecule has 0 radical (unpaired) electrons. The van der Waals surface area contributed by atoms with Gasteiger partial charge in [-0.3, -0.25) is 14.6 Å². The van der Waals surface area contributed by atoms with Crippen LogP contribution in [-0.2, 0) is 17.8 Å². The van der Waals surface area contributed by atoms with E-state index < -0.39 is 11.9 Å². The van der Waals surface area contributed by atoms with Crippen LogP contribution in [0.25, 0.3) is 0 Å². The number of carbonyl (C=O) groups is 3. The van der Waals surface area contributed by atoms with Crippen LogP contribution in [0.15, 0.2) is 24.5 Å². The van der Waals surface area contributed by atoms with Crippen LogP contribution >= 0.6 is 11.3 Å². The minimum absolute atomic E-state index is 0.0492. The van der Waals surface area contributed by atoms with Gasteiger partial charge in [-0.25, -0.2) is 4.79 Å². The first-order valence-corrected chi connectivity index (χ1v) is 8.13. The predicted molar refractivity (Wildman–Crippen MR) is 88.3 cm³/mol. The van der Waals surface area contributed by atoms with Crippen LogP contribution in [0.2, 0.25) is 0 Å². The average Bonchev–Trinajstić information content (AvgIpc) is 2.92. The molecule has 8 heteroatoms. The van der Waals surface area contributed by atoms with Crippen LogP contribution < -0.4 is 5.32 Å². The zero-order valence-electron chi connectivity index (χ0n) is 12.9. The van der Waals surface area contributed by atoms with E-state index in [1.54, 1.807) is 23.2 Å². The summed E-state index contributed by atoms with van der Waals surface area (Å²) in [6.45, 7) is 2.34. The van der Waals surface area contributed by atoms with Crippen molar-refractivity contribution in [3.8, 4) is 0 Å². The molecule has 0 saturated carbocycles. The lowest BCUT2D eigenvalue weighted by molar-refractivity contribution is -0.129. The number of hydrogen-bond acceptors (Lipinski definition) is 5. The summed E-state index contributed by atoms with van der Waals surface area (Å²) in [4.78, 5) is 41.8. The molecule has 3 heterocycles. The number of nitrogens with one attached hydrogen (secondary N) is 1. The summed E-state index contributed by atoms with van der Waals surface area (Å²) in [7, 11) is 0. The minimum atomic E-state index is -1.08. The number of amides is 2. The van der Waals surface area contributed by atoms with Gasteiger partial charge in [-0.2, -0.15) is 0 Å². The monoisotopic (exact) mass is 345 g/mol. The average molecular weight is 345 g/mol. The summed E-state index contributed by atoms with van der Waals surface area (Å²) in [5.41, 5.74) is 1.17. The fraction of sp³-hybridized carbons (Fsp3) is 0.250. The van der Waals surface area contributed by atoms with Gasteiger partial charge in [-0.1, -0.05) is 0 Å². The molecule has 1 aliphatic heterocycles. The van der Waals surface area contributed by atoms with E-state index in [4.69, 9.17) is 0 Å². The highest BCUT2D eigenvalue weighted by molar-refractivity contribution is 7.17. The van der Waals surface area contributed by atoms with Gasteiger partial charge in [0.25, 0.3) is 5.91 Å². The summed E-state index contributed by atoms with van der Waals surface area (Å²) in [6, 6.07) is 3.24. The third-order valence-electron chi connectivity index (χ3n) is 3.87. The molecule has 24 heavy (non-hydrogen) atoms. The molecule has 0 unspecified atom stereocenters. The second-order valence-corrected chi connectivity index (χ2v) is 6.50. The van der Waals surface area contributed by atoms with Crippen molar-refractivity contribution in [2.75, 3.05) is 11.9 Å². The van der Waals surface area contributed by atoms with Crippen LogP contribution in [0.5, 0.6) is 0 Å². The first kappa shape index (κ1) is 16.1. The fourth-order valence-electron chi connectivity index (χ4n) is 2.66. The maximum absolute atomic E-state index is 12.3. The van der Waals surface area contributed by atoms with Crippen LogP contribution in [0.4, 0.5) is 5.00 Å². The minimum Gasteiger partial charge on any atom is -0.478 e. The van der Waals surface area contributed by atoms with Gasteiger partial charge in [0, 0.05) is 30.7 Å². The Morgan fingerprint density at radius 3 is 2.79 bits per heavy atom. The Labute approximate surface area is 141 Å². The lowest BCUT2D eigenvalue weighted by atomic mass is 10.0. The number of carboxylic acids is 1. The molecular weight excluding hydrogens is 330 g/mol. The van der Waals surface area contributed by atoms with Crippen LogP contribution in [0, 0.1) is 0 Å². The molecule has 0 spiro atoms. The number of thiophene rings is 1. The van der Waals surface area contributed by atoms with Crippen molar-refractivity contribution in [3.05, 3.63) is 46.1 Å². The molecule has 2 aromatic heterocycles. The fourth-order valence-corrected chi connectivity index (χ4v) is 3.91. The van der Waals surface area contributed by atoms with E-state index in [2.05, 4.69) is 10.3 Å². The number of nitrogens with zero attached hydrogens (tertiary/aromatic N) is 2. The molecule has 0 aromatic carbocycles. The predicted octanol–water partition coefficient (Wildman–Crippen LogP) is 2.00. The lowest BCUT2D eigenvalue weighted by Crippen LogP contribution is -2.33. The maximum atomic E-state index is 12.3. The zero-order chi connectivity index (χ0) is 17.3. The van der Waals surface area contributed by atoms with Gasteiger partial charge < -0.3 is 15.3 Å². The summed E-state index contributed by atoms with van der Waals surface area (Å²) >= 11 is 1.21. The van der Waals surface area contributed by atoms with Crippen molar-refractivity contribution in [2.45, 2.75) is 19.9 Å². The van der Waals surface area contributed by atoms with Crippen LogP contribution in [0.1, 0.15) is 38.1 Å². The number of fused-ring (bicyclic) bond motifs is 1. The molecule has 2 N–H and O–H groups in total. The Morgan fingerprint density at radius 1 is 1.38 bits per heavy atom. The van der Waals surface area contributed by atoms with E-state index in [0.29, 0.717) is 35.6 Å². The molecule has 2 amide bonds. The largest absolute Gasteiger partial charge is 0.478 e. The Bertz CT molecular complexity index is 816. The molecule has 3 rings (SSSR count). The number of anilines is 1. The number of aromatic nitrogens is 1. The number of aromatic carboxylic acids is 1. The van der Waals surface area contributed by atoms with Crippen LogP contribution in [-0.4, -0.2) is 39.3 Å². The standard InChI is InChI=1S/C16H15N3O4S/c1-9(20)19-6-4-11-12(8-19)24-15(13(11)16(22)23)18-14(21)10-3-2-5-17-7-10/h2-3,5,7H,4,6,8H2,1H3,(H,18,21)(H,22,23). The second kappa shape index (κ2) is 6.40. The van der Waals surface area contributed by atoms with Crippen molar-refractivity contribution in [3.63, 3.8) is 0 Å². The third-order valence-corrected chi connectivity index (χ3v) is 5.00. The van der Waals surface area contributed by atoms with Gasteiger partial charge >= 0.3 is 5.97 Å². The number of pyridine rings is 1. The van der Waals surface area contributed by atoms with E-state index in [-0.39, 0.29) is 11.5 Å². The molecule has 2 aromatic rings. The Hall–Kier alpha value is -2.74. The topological polar surface area (TPSA) is 99.6 Å². The Balaban J connectivity index is 1.93. The number of carbonyl (C=O) groups excluding carboxylic acids is 2. The van der Waals surface area contributed by atoms with E-state index in [0.717, 1.165) is 4.88 Å². The summed E-state index contributed by atoms with van der Waals surface area (Å²) in [6.07, 6.45) is 3.44. The molecule has 0 fully saturated rings. The molecule has 1 aliphatic rings. The van der Waals surface area contributed by atoms with E-state index >= 15 is 0 Å². The molecule has 124 valence electrons. The van der Waals surface area contributed by atoms with Crippen molar-refractivity contribution in [1.29, 1.82) is 0 Å². The SMILES string of the molecule is CC(=O)N1CCc2c(sc(NC(=O)c3cccnc3)c2C(=O)O)C1. The van der Waals surface area contributed by atoms with Crippen molar-refractivity contribution in [2.24, 2.45) is 0 Å². The molecule has 7 nitrogen and oxygen atoms in total. The lowest BCUT2D eigenvalue weighted by Gasteiger charge is -2.25. The van der Waals surface area contributed by atoms with Crippen molar-refractivity contribution < 1.29 is 19.5 Å². The molecular formula is C16H15N3O4S. The van der Waals surface area contributed by atoms with Gasteiger partial charge in [-0.15, -0.1) is 11.3 Å². The highest BCUT2D eigenvalue weighted by atomic mass is 32.1. The Kier molecular flexibility index (Phi) is 4.30. The van der Waals surface area contributed by atoms with E-state index in [1.807, 2.05) is 0 Å². The second-order valence-electron chi connectivity index (χ2n) is 5.40. The zero-order valence-corrected chi connectivity index (χ0v) is 13.7. The maximum Gasteiger partial charge on any atom is 0.339 e. The summed E-state index contributed by atoms with van der Waals surface area (Å²) < 4.78 is 0. The molecule has 0 bridgehead atoms. The van der Waals surface area contributed by atoms with Crippen molar-refractivity contribution >= 4 is 34.1 Å². The first-order chi connectivity index (χ1) is 11.5. The normalized spacial score (nSPS) is 13.3. The van der Waals surface area contributed by atoms with Gasteiger partial charge in [0.15, 0.2) is 0 Å². The summed E-state index contributed by atoms with van der Waals surface area (Å²) in [5, 5.41) is 12.5. The molecule has 0 saturated heterocycles. The number of carboxylic acid groups (broad SMARTS) is 1. The highest BCUT2D eigenvalue weighted by Gasteiger charge is 2.29. The van der Waals surface area contributed by atoms with Gasteiger partial charge in [0.2, 0.25) is 5.91 Å². The van der Waals surface area contributed by atoms with Gasteiger partial charge in [-0.05, 0) is 24.1 Å². The molecule has 0 aliphatic carbocycles. The Morgan fingerprint density at radius 2 is 2.17 bits per heavy atom. The third kappa shape index (κ3) is 3.00. The quantitative estimate of drug-likeness (QED) is 0.886.